The number of nitrogens with zero attached hydrogens (tertiary/aromatic N) is 1. The van der Waals surface area contributed by atoms with Gasteiger partial charge in [-0.2, -0.15) is 0 Å². The van der Waals surface area contributed by atoms with Crippen LogP contribution in [0.15, 0.2) is 12.1 Å². The highest BCUT2D eigenvalue weighted by Gasteiger charge is 2.40. The summed E-state index contributed by atoms with van der Waals surface area (Å²) in [4.78, 5) is 25.6. The minimum absolute atomic E-state index is 0.00169. The van der Waals surface area contributed by atoms with Gasteiger partial charge >= 0.3 is 0 Å². The predicted octanol–water partition coefficient (Wildman–Crippen LogP) is 0.726. The van der Waals surface area contributed by atoms with Crippen LogP contribution in [-0.4, -0.2) is 32.0 Å². The second kappa shape index (κ2) is 4.65. The zero-order valence-corrected chi connectivity index (χ0v) is 12.3. The third kappa shape index (κ3) is 2.20. The Labute approximate surface area is 123 Å². The summed E-state index contributed by atoms with van der Waals surface area (Å²) >= 11 is 0. The zero-order chi connectivity index (χ0) is 15.2. The normalized spacial score (nSPS) is 23.9. The van der Waals surface area contributed by atoms with E-state index >= 15 is 0 Å². The molecular weight excluding hydrogens is 268 g/mol. The van der Waals surface area contributed by atoms with Crippen molar-refractivity contribution < 1.29 is 9.59 Å². The van der Waals surface area contributed by atoms with Crippen molar-refractivity contribution in [3.63, 3.8) is 0 Å². The second-order valence-electron chi connectivity index (χ2n) is 6.10. The molecule has 1 aromatic carbocycles. The molecule has 2 amide bonds. The van der Waals surface area contributed by atoms with Gasteiger partial charge in [0, 0.05) is 25.8 Å². The van der Waals surface area contributed by atoms with Crippen LogP contribution >= 0.6 is 0 Å². The molecule has 6 nitrogen and oxygen atoms in total. The molecule has 21 heavy (non-hydrogen) atoms. The van der Waals surface area contributed by atoms with Gasteiger partial charge in [0.2, 0.25) is 11.8 Å². The van der Waals surface area contributed by atoms with Gasteiger partial charge in [0.15, 0.2) is 0 Å². The van der Waals surface area contributed by atoms with Crippen LogP contribution in [0.5, 0.6) is 0 Å². The Balaban J connectivity index is 1.88. The number of nitrogen functional groups attached to an aromatic ring is 1. The monoisotopic (exact) mass is 288 g/mol. The fourth-order valence-electron chi connectivity index (χ4n) is 3.21. The standard InChI is InChI=1S/C15H20N4O2/c1-15(14(21)17-2)3-4-19(8-15)12-7-11-9(5-10(12)16)6-13(20)18-11/h5,7H,3-4,6,8,16H2,1-2H3,(H,17,21)(H,18,20). The predicted molar refractivity (Wildman–Crippen MR) is 82.2 cm³/mol. The van der Waals surface area contributed by atoms with E-state index < -0.39 is 5.41 Å². The van der Waals surface area contributed by atoms with Crippen molar-refractivity contribution in [1.82, 2.24) is 5.32 Å². The van der Waals surface area contributed by atoms with Gasteiger partial charge in [0.1, 0.15) is 0 Å². The van der Waals surface area contributed by atoms with Crippen LogP contribution < -0.4 is 21.3 Å². The van der Waals surface area contributed by atoms with Gasteiger partial charge < -0.3 is 21.3 Å². The lowest BCUT2D eigenvalue weighted by Gasteiger charge is -2.25. The van der Waals surface area contributed by atoms with E-state index in [4.69, 9.17) is 5.73 Å². The van der Waals surface area contributed by atoms with E-state index in [0.717, 1.165) is 29.9 Å². The van der Waals surface area contributed by atoms with Crippen molar-refractivity contribution in [3.8, 4) is 0 Å². The molecular formula is C15H20N4O2. The first-order valence-electron chi connectivity index (χ1n) is 7.12. The largest absolute Gasteiger partial charge is 0.397 e. The van der Waals surface area contributed by atoms with Crippen molar-refractivity contribution in [3.05, 3.63) is 17.7 Å². The van der Waals surface area contributed by atoms with Crippen molar-refractivity contribution in [1.29, 1.82) is 0 Å². The van der Waals surface area contributed by atoms with E-state index in [1.807, 2.05) is 19.1 Å². The van der Waals surface area contributed by atoms with Crippen LogP contribution in [0.25, 0.3) is 0 Å². The number of fused-ring (bicyclic) bond motifs is 1. The Morgan fingerprint density at radius 2 is 2.24 bits per heavy atom. The summed E-state index contributed by atoms with van der Waals surface area (Å²) < 4.78 is 0. The molecule has 0 bridgehead atoms. The van der Waals surface area contributed by atoms with E-state index in [-0.39, 0.29) is 11.8 Å². The Morgan fingerprint density at radius 3 is 2.95 bits per heavy atom. The van der Waals surface area contributed by atoms with E-state index in [9.17, 15) is 9.59 Å². The average molecular weight is 288 g/mol. The molecule has 6 heteroatoms. The molecule has 0 saturated carbocycles. The molecule has 3 rings (SSSR count). The smallest absolute Gasteiger partial charge is 0.228 e. The fraction of sp³-hybridized carbons (Fsp3) is 0.467. The van der Waals surface area contributed by atoms with Gasteiger partial charge in [0.05, 0.1) is 23.2 Å². The van der Waals surface area contributed by atoms with Gasteiger partial charge in [-0.3, -0.25) is 9.59 Å². The first-order chi connectivity index (χ1) is 9.93. The SMILES string of the molecule is CNC(=O)C1(C)CCN(c2cc3c(cc2N)CC(=O)N3)C1. The molecule has 1 fully saturated rings. The Morgan fingerprint density at radius 1 is 1.48 bits per heavy atom. The van der Waals surface area contributed by atoms with Crippen molar-refractivity contribution >= 4 is 28.9 Å². The molecule has 2 heterocycles. The number of hydrogen-bond acceptors (Lipinski definition) is 4. The third-order valence-corrected chi connectivity index (χ3v) is 4.47. The van der Waals surface area contributed by atoms with Gasteiger partial charge in [-0.05, 0) is 31.0 Å². The minimum Gasteiger partial charge on any atom is -0.397 e. The maximum atomic E-state index is 12.0. The van der Waals surface area contributed by atoms with Gasteiger partial charge in [-0.25, -0.2) is 0 Å². The molecule has 112 valence electrons. The van der Waals surface area contributed by atoms with Crippen LogP contribution in [0.1, 0.15) is 18.9 Å². The van der Waals surface area contributed by atoms with Crippen molar-refractivity contribution in [2.75, 3.05) is 36.1 Å². The van der Waals surface area contributed by atoms with Gasteiger partial charge in [-0.15, -0.1) is 0 Å². The van der Waals surface area contributed by atoms with Crippen molar-refractivity contribution in [2.24, 2.45) is 5.41 Å². The number of carbonyl (C=O) groups excluding carboxylic acids is 2. The highest BCUT2D eigenvalue weighted by atomic mass is 16.2. The number of hydrogen-bond donors (Lipinski definition) is 3. The van der Waals surface area contributed by atoms with E-state index in [1.54, 1.807) is 7.05 Å². The first kappa shape index (κ1) is 13.7. The summed E-state index contributed by atoms with van der Waals surface area (Å²) in [5.41, 5.74) is 9.06. The molecule has 2 aliphatic heterocycles. The quantitative estimate of drug-likeness (QED) is 0.700. The van der Waals surface area contributed by atoms with Crippen LogP contribution in [0, 0.1) is 5.41 Å². The number of rotatable bonds is 2. The number of benzene rings is 1. The number of nitrogens with one attached hydrogen (secondary N) is 2. The Hall–Kier alpha value is -2.24. The van der Waals surface area contributed by atoms with E-state index in [2.05, 4.69) is 15.5 Å². The lowest BCUT2D eigenvalue weighted by molar-refractivity contribution is -0.128. The summed E-state index contributed by atoms with van der Waals surface area (Å²) in [6.45, 7) is 3.38. The van der Waals surface area contributed by atoms with Crippen LogP contribution in [0.2, 0.25) is 0 Å². The number of anilines is 3. The highest BCUT2D eigenvalue weighted by molar-refractivity contribution is 6.01. The molecule has 2 aliphatic rings. The Bertz CT molecular complexity index is 628. The maximum absolute atomic E-state index is 12.0. The van der Waals surface area contributed by atoms with Crippen LogP contribution in [0.4, 0.5) is 17.1 Å². The average Bonchev–Trinajstić information content (AvgIpc) is 3.00. The molecule has 1 unspecified atom stereocenters. The van der Waals surface area contributed by atoms with Gasteiger partial charge in [-0.1, -0.05) is 0 Å². The third-order valence-electron chi connectivity index (χ3n) is 4.47. The van der Waals surface area contributed by atoms with Crippen LogP contribution in [-0.2, 0) is 16.0 Å². The molecule has 0 aromatic heterocycles. The summed E-state index contributed by atoms with van der Waals surface area (Å²) in [7, 11) is 1.66. The van der Waals surface area contributed by atoms with Crippen molar-refractivity contribution in [2.45, 2.75) is 19.8 Å². The summed E-state index contributed by atoms with van der Waals surface area (Å²) in [6.07, 6.45) is 1.17. The lowest BCUT2D eigenvalue weighted by Crippen LogP contribution is -2.39. The first-order valence-corrected chi connectivity index (χ1v) is 7.12. The Kier molecular flexibility index (Phi) is 3.04. The highest BCUT2D eigenvalue weighted by Crippen LogP contribution is 2.39. The molecule has 0 spiro atoms. The number of carbonyl (C=O) groups is 2. The summed E-state index contributed by atoms with van der Waals surface area (Å²) in [5.74, 6) is 0.0520. The lowest BCUT2D eigenvalue weighted by atomic mass is 9.89. The molecule has 1 aromatic rings. The molecule has 1 atom stereocenters. The minimum atomic E-state index is -0.399. The molecule has 4 N–H and O–H groups in total. The fourth-order valence-corrected chi connectivity index (χ4v) is 3.21. The maximum Gasteiger partial charge on any atom is 0.228 e. The van der Waals surface area contributed by atoms with E-state index in [0.29, 0.717) is 18.7 Å². The molecule has 1 saturated heterocycles. The molecule has 0 radical (unpaired) electrons. The summed E-state index contributed by atoms with van der Waals surface area (Å²) in [5, 5.41) is 5.57. The second-order valence-corrected chi connectivity index (χ2v) is 6.10. The van der Waals surface area contributed by atoms with Crippen LogP contribution in [0.3, 0.4) is 0 Å². The topological polar surface area (TPSA) is 87.5 Å². The number of nitrogens with two attached hydrogens (primary N) is 1. The van der Waals surface area contributed by atoms with Gasteiger partial charge in [0.25, 0.3) is 0 Å². The zero-order valence-electron chi connectivity index (χ0n) is 12.3. The van der Waals surface area contributed by atoms with E-state index in [1.165, 1.54) is 0 Å². The number of amides is 2. The summed E-state index contributed by atoms with van der Waals surface area (Å²) in [6, 6.07) is 3.78. The molecule has 0 aliphatic carbocycles.